The van der Waals surface area contributed by atoms with Crippen LogP contribution >= 0.6 is 15.9 Å². The molecule has 0 heterocycles. The third kappa shape index (κ3) is 3.29. The van der Waals surface area contributed by atoms with E-state index in [1.165, 1.54) is 18.2 Å². The molecule has 5 heteroatoms. The van der Waals surface area contributed by atoms with Crippen molar-refractivity contribution in [1.82, 2.24) is 5.32 Å². The van der Waals surface area contributed by atoms with Gasteiger partial charge in [0.25, 0.3) is 0 Å². The van der Waals surface area contributed by atoms with Gasteiger partial charge in [-0.3, -0.25) is 5.32 Å². The Morgan fingerprint density at radius 2 is 2.17 bits per heavy atom. The molecule has 0 aliphatic heterocycles. The second-order valence-corrected chi connectivity index (χ2v) is 5.68. The summed E-state index contributed by atoms with van der Waals surface area (Å²) in [5.41, 5.74) is -0.728. The number of carboxylic acids is 1. The summed E-state index contributed by atoms with van der Waals surface area (Å²) in [5, 5.41) is 12.4. The number of hydrogen-bond donors (Lipinski definition) is 2. The summed E-state index contributed by atoms with van der Waals surface area (Å²) in [5.74, 6) is -1.07. The minimum absolute atomic E-state index is 0.322. The first-order valence-corrected chi connectivity index (χ1v) is 6.50. The van der Waals surface area contributed by atoms with E-state index in [1.54, 1.807) is 6.92 Å². The van der Waals surface area contributed by atoms with Crippen molar-refractivity contribution in [1.29, 1.82) is 0 Å². The van der Waals surface area contributed by atoms with Crippen molar-refractivity contribution < 1.29 is 14.3 Å². The number of hydrogen-bond acceptors (Lipinski definition) is 2. The molecule has 0 amide bonds. The molecule has 1 atom stereocenters. The summed E-state index contributed by atoms with van der Waals surface area (Å²) in [6.07, 6.45) is 0. The van der Waals surface area contributed by atoms with Gasteiger partial charge in [0, 0.05) is 4.47 Å². The number of carboxylic acid groups (broad SMARTS) is 1. The van der Waals surface area contributed by atoms with Crippen LogP contribution in [0.3, 0.4) is 0 Å². The molecule has 1 unspecified atom stereocenters. The Hall–Kier alpha value is -0.940. The minimum Gasteiger partial charge on any atom is -0.480 e. The van der Waals surface area contributed by atoms with E-state index in [9.17, 15) is 14.3 Å². The molecule has 0 radical (unpaired) electrons. The largest absolute Gasteiger partial charge is 0.480 e. The molecule has 1 aromatic carbocycles. The van der Waals surface area contributed by atoms with Gasteiger partial charge in [-0.25, -0.2) is 9.18 Å². The Balaban J connectivity index is 3.14. The first kappa shape index (κ1) is 15.1. The maximum Gasteiger partial charge on any atom is 0.328 e. The fourth-order valence-corrected chi connectivity index (χ4v) is 2.34. The van der Waals surface area contributed by atoms with Gasteiger partial charge >= 0.3 is 5.97 Å². The van der Waals surface area contributed by atoms with E-state index in [0.717, 1.165) is 0 Å². The molecular weight excluding hydrogens is 301 g/mol. The van der Waals surface area contributed by atoms with Gasteiger partial charge in [-0.2, -0.15) is 0 Å². The molecule has 1 rings (SSSR count). The standard InChI is InChI=1S/C13H17BrFNO2/c1-8(2)7-16-13(3,12(17)18)10-5-4-9(15)6-11(10)14/h4-6,8,16H,7H2,1-3H3,(H,17,18). The average molecular weight is 318 g/mol. The fourth-order valence-electron chi connectivity index (χ4n) is 1.59. The topological polar surface area (TPSA) is 49.3 Å². The van der Waals surface area contributed by atoms with Crippen LogP contribution in [0.4, 0.5) is 4.39 Å². The summed E-state index contributed by atoms with van der Waals surface area (Å²) in [6, 6.07) is 4.02. The maximum absolute atomic E-state index is 13.1. The van der Waals surface area contributed by atoms with Crippen LogP contribution in [0, 0.1) is 11.7 Å². The first-order chi connectivity index (χ1) is 8.27. The first-order valence-electron chi connectivity index (χ1n) is 5.71. The molecule has 0 aromatic heterocycles. The summed E-state index contributed by atoms with van der Waals surface area (Å²) in [7, 11) is 0. The Morgan fingerprint density at radius 3 is 2.61 bits per heavy atom. The predicted molar refractivity (Wildman–Crippen MR) is 71.9 cm³/mol. The van der Waals surface area contributed by atoms with Crippen LogP contribution in [0.25, 0.3) is 0 Å². The normalized spacial score (nSPS) is 14.6. The highest BCUT2D eigenvalue weighted by atomic mass is 79.9. The number of benzene rings is 1. The maximum atomic E-state index is 13.1. The van der Waals surface area contributed by atoms with Gasteiger partial charge in [-0.15, -0.1) is 0 Å². The van der Waals surface area contributed by atoms with Gasteiger partial charge < -0.3 is 5.11 Å². The Bertz CT molecular complexity index is 451. The second kappa shape index (κ2) is 5.80. The molecular formula is C13H17BrFNO2. The molecule has 0 saturated carbocycles. The fraction of sp³-hybridized carbons (Fsp3) is 0.462. The number of halogens is 2. The molecule has 0 aliphatic rings. The lowest BCUT2D eigenvalue weighted by atomic mass is 9.91. The number of nitrogens with one attached hydrogen (secondary N) is 1. The Morgan fingerprint density at radius 1 is 1.56 bits per heavy atom. The summed E-state index contributed by atoms with van der Waals surface area (Å²) >= 11 is 3.21. The van der Waals surface area contributed by atoms with E-state index in [4.69, 9.17) is 0 Å². The zero-order valence-electron chi connectivity index (χ0n) is 10.6. The summed E-state index contributed by atoms with van der Waals surface area (Å²) in [4.78, 5) is 11.5. The van der Waals surface area contributed by atoms with E-state index in [-0.39, 0.29) is 0 Å². The average Bonchev–Trinajstić information content (AvgIpc) is 2.25. The zero-order valence-corrected chi connectivity index (χ0v) is 12.2. The van der Waals surface area contributed by atoms with Crippen LogP contribution in [0.2, 0.25) is 0 Å². The molecule has 18 heavy (non-hydrogen) atoms. The van der Waals surface area contributed by atoms with Crippen LogP contribution in [-0.2, 0) is 10.3 Å². The number of carbonyl (C=O) groups is 1. The molecule has 0 saturated heterocycles. The molecule has 0 aliphatic carbocycles. The third-order valence-electron chi connectivity index (χ3n) is 2.76. The molecule has 1 aromatic rings. The van der Waals surface area contributed by atoms with Crippen LogP contribution in [-0.4, -0.2) is 17.6 Å². The van der Waals surface area contributed by atoms with E-state index >= 15 is 0 Å². The van der Waals surface area contributed by atoms with Gasteiger partial charge in [-0.05, 0) is 37.1 Å². The number of rotatable bonds is 5. The summed E-state index contributed by atoms with van der Waals surface area (Å²) in [6.45, 7) is 6.13. The van der Waals surface area contributed by atoms with Gasteiger partial charge in [0.05, 0.1) is 0 Å². The van der Waals surface area contributed by atoms with Crippen molar-refractivity contribution in [3.05, 3.63) is 34.1 Å². The molecule has 2 N–H and O–H groups in total. The molecule has 100 valence electrons. The molecule has 0 fully saturated rings. The van der Waals surface area contributed by atoms with Crippen molar-refractivity contribution in [3.8, 4) is 0 Å². The molecule has 0 bridgehead atoms. The van der Waals surface area contributed by atoms with Crippen molar-refractivity contribution in [2.75, 3.05) is 6.54 Å². The molecule has 0 spiro atoms. The highest BCUT2D eigenvalue weighted by Crippen LogP contribution is 2.29. The lowest BCUT2D eigenvalue weighted by Crippen LogP contribution is -2.48. The lowest BCUT2D eigenvalue weighted by molar-refractivity contribution is -0.144. The van der Waals surface area contributed by atoms with Crippen LogP contribution in [0.15, 0.2) is 22.7 Å². The van der Waals surface area contributed by atoms with E-state index in [2.05, 4.69) is 21.2 Å². The smallest absolute Gasteiger partial charge is 0.328 e. The van der Waals surface area contributed by atoms with Crippen molar-refractivity contribution in [3.63, 3.8) is 0 Å². The van der Waals surface area contributed by atoms with Gasteiger partial charge in [0.2, 0.25) is 0 Å². The highest BCUT2D eigenvalue weighted by molar-refractivity contribution is 9.10. The van der Waals surface area contributed by atoms with E-state index in [0.29, 0.717) is 22.5 Å². The van der Waals surface area contributed by atoms with E-state index < -0.39 is 17.3 Å². The van der Waals surface area contributed by atoms with Gasteiger partial charge in [0.15, 0.2) is 0 Å². The second-order valence-electron chi connectivity index (χ2n) is 4.83. The van der Waals surface area contributed by atoms with Crippen molar-refractivity contribution in [2.24, 2.45) is 5.92 Å². The zero-order chi connectivity index (χ0) is 13.9. The van der Waals surface area contributed by atoms with E-state index in [1.807, 2.05) is 13.8 Å². The van der Waals surface area contributed by atoms with Crippen molar-refractivity contribution in [2.45, 2.75) is 26.3 Å². The lowest BCUT2D eigenvalue weighted by Gasteiger charge is -2.29. The summed E-state index contributed by atoms with van der Waals surface area (Å²) < 4.78 is 13.5. The number of aliphatic carboxylic acids is 1. The SMILES string of the molecule is CC(C)CNC(C)(C(=O)O)c1ccc(F)cc1Br. The predicted octanol–water partition coefficient (Wildman–Crippen LogP) is 3.13. The quantitative estimate of drug-likeness (QED) is 0.877. The van der Waals surface area contributed by atoms with Gasteiger partial charge in [-0.1, -0.05) is 35.8 Å². The van der Waals surface area contributed by atoms with Crippen molar-refractivity contribution >= 4 is 21.9 Å². The Kier molecular flexibility index (Phi) is 4.87. The third-order valence-corrected chi connectivity index (χ3v) is 3.42. The Labute approximate surface area is 115 Å². The van der Waals surface area contributed by atoms with Crippen LogP contribution in [0.1, 0.15) is 26.3 Å². The molecule has 3 nitrogen and oxygen atoms in total. The van der Waals surface area contributed by atoms with Gasteiger partial charge in [0.1, 0.15) is 11.4 Å². The minimum atomic E-state index is -1.24. The highest BCUT2D eigenvalue weighted by Gasteiger charge is 2.36. The van der Waals surface area contributed by atoms with Crippen LogP contribution in [0.5, 0.6) is 0 Å². The monoisotopic (exact) mass is 317 g/mol. The van der Waals surface area contributed by atoms with Crippen LogP contribution < -0.4 is 5.32 Å².